The molecule has 5 nitrogen and oxygen atoms in total. The molecule has 1 N–H and O–H groups in total. The molecule has 0 spiro atoms. The Kier molecular flexibility index (Phi) is 3.35. The zero-order valence-corrected chi connectivity index (χ0v) is 12.4. The van der Waals surface area contributed by atoms with Gasteiger partial charge in [0.05, 0.1) is 5.60 Å². The summed E-state index contributed by atoms with van der Waals surface area (Å²) in [6, 6.07) is 0. The second-order valence-corrected chi connectivity index (χ2v) is 7.07. The third-order valence-electron chi connectivity index (χ3n) is 5.17. The second kappa shape index (κ2) is 4.83. The predicted octanol–water partition coefficient (Wildman–Crippen LogP) is 2.72. The minimum atomic E-state index is -0.958. The number of ether oxygens (including phenoxy) is 2. The Morgan fingerprint density at radius 2 is 1.86 bits per heavy atom. The molecular formula is C16H22O5. The van der Waals surface area contributed by atoms with Crippen molar-refractivity contribution in [2.45, 2.75) is 63.1 Å². The number of rotatable bonds is 3. The molecule has 5 heteroatoms. The Bertz CT molecular complexity index is 481. The summed E-state index contributed by atoms with van der Waals surface area (Å²) in [5.74, 6) is 0.0849. The molecule has 116 valence electrons. The van der Waals surface area contributed by atoms with Crippen LogP contribution in [-0.2, 0) is 14.3 Å². The van der Waals surface area contributed by atoms with Crippen molar-refractivity contribution in [1.82, 2.24) is 0 Å². The van der Waals surface area contributed by atoms with E-state index in [1.807, 2.05) is 0 Å². The molecule has 0 aromatic carbocycles. The highest BCUT2D eigenvalue weighted by Crippen LogP contribution is 2.58. The molecular weight excluding hydrogens is 272 g/mol. The molecule has 4 bridgehead atoms. The maximum atomic E-state index is 11.9. The van der Waals surface area contributed by atoms with Crippen molar-refractivity contribution in [1.29, 1.82) is 0 Å². The summed E-state index contributed by atoms with van der Waals surface area (Å²) in [5, 5.41) is 10.6. The van der Waals surface area contributed by atoms with Crippen molar-refractivity contribution >= 4 is 12.1 Å². The van der Waals surface area contributed by atoms with E-state index < -0.39 is 23.3 Å². The molecule has 0 radical (unpaired) electrons. The summed E-state index contributed by atoms with van der Waals surface area (Å²) in [7, 11) is 0. The van der Waals surface area contributed by atoms with E-state index in [0.29, 0.717) is 24.7 Å². The van der Waals surface area contributed by atoms with E-state index in [1.54, 1.807) is 6.92 Å². The van der Waals surface area contributed by atoms with E-state index in [2.05, 4.69) is 6.58 Å². The number of hydrogen-bond donors (Lipinski definition) is 1. The van der Waals surface area contributed by atoms with Gasteiger partial charge in [0, 0.05) is 12.0 Å². The van der Waals surface area contributed by atoms with Gasteiger partial charge in [-0.3, -0.25) is 0 Å². The molecule has 2 unspecified atom stereocenters. The Morgan fingerprint density at radius 3 is 2.38 bits per heavy atom. The van der Waals surface area contributed by atoms with Gasteiger partial charge in [0.2, 0.25) is 0 Å². The van der Waals surface area contributed by atoms with E-state index >= 15 is 0 Å². The highest BCUT2D eigenvalue weighted by molar-refractivity contribution is 5.94. The van der Waals surface area contributed by atoms with Crippen molar-refractivity contribution in [3.05, 3.63) is 12.2 Å². The lowest BCUT2D eigenvalue weighted by molar-refractivity contribution is -0.204. The van der Waals surface area contributed by atoms with Crippen molar-refractivity contribution in [2.24, 2.45) is 11.8 Å². The molecule has 2 atom stereocenters. The lowest BCUT2D eigenvalue weighted by Gasteiger charge is -2.58. The van der Waals surface area contributed by atoms with Gasteiger partial charge in [-0.25, -0.2) is 9.59 Å². The van der Waals surface area contributed by atoms with Gasteiger partial charge in [0.1, 0.15) is 5.60 Å². The smallest absolute Gasteiger partial charge is 0.427 e. The normalized spacial score (nSPS) is 39.9. The monoisotopic (exact) mass is 294 g/mol. The minimum absolute atomic E-state index is 0.246. The van der Waals surface area contributed by atoms with Crippen LogP contribution in [0.25, 0.3) is 0 Å². The van der Waals surface area contributed by atoms with E-state index in [1.165, 1.54) is 0 Å². The molecule has 0 heterocycles. The number of esters is 1. The van der Waals surface area contributed by atoms with Crippen molar-refractivity contribution in [3.63, 3.8) is 0 Å². The van der Waals surface area contributed by atoms with Crippen LogP contribution in [0, 0.1) is 11.8 Å². The summed E-state index contributed by atoms with van der Waals surface area (Å²) in [5.41, 5.74) is -1.11. The fourth-order valence-electron chi connectivity index (χ4n) is 4.74. The number of aliphatic hydroxyl groups is 1. The standard InChI is InChI=1S/C16H22O5/c1-3-10(2)13(17)20-14(18)21-16-7-11-4-12(8-16)6-15(19,5-11)9-16/h11-12,19H,2-9H2,1H3. The summed E-state index contributed by atoms with van der Waals surface area (Å²) in [4.78, 5) is 23.4. The summed E-state index contributed by atoms with van der Waals surface area (Å²) in [6.07, 6.45) is 4.18. The van der Waals surface area contributed by atoms with E-state index in [0.717, 1.165) is 32.1 Å². The quantitative estimate of drug-likeness (QED) is 0.492. The Morgan fingerprint density at radius 1 is 1.24 bits per heavy atom. The summed E-state index contributed by atoms with van der Waals surface area (Å²) < 4.78 is 10.2. The van der Waals surface area contributed by atoms with E-state index in [-0.39, 0.29) is 5.57 Å². The molecule has 4 fully saturated rings. The first kappa shape index (κ1) is 14.6. The Labute approximate surface area is 124 Å². The van der Waals surface area contributed by atoms with Gasteiger partial charge in [0.25, 0.3) is 0 Å². The molecule has 4 rings (SSSR count). The zero-order valence-electron chi connectivity index (χ0n) is 12.4. The third-order valence-corrected chi connectivity index (χ3v) is 5.17. The van der Waals surface area contributed by atoms with Gasteiger partial charge in [-0.2, -0.15) is 0 Å². The number of carbonyl (C=O) groups excluding carboxylic acids is 2. The molecule has 4 saturated carbocycles. The maximum absolute atomic E-state index is 11.9. The summed E-state index contributed by atoms with van der Waals surface area (Å²) >= 11 is 0. The molecule has 0 aliphatic heterocycles. The molecule has 4 aliphatic carbocycles. The average molecular weight is 294 g/mol. The van der Waals surface area contributed by atoms with Gasteiger partial charge in [-0.05, 0) is 50.4 Å². The fraction of sp³-hybridized carbons (Fsp3) is 0.750. The lowest BCUT2D eigenvalue weighted by atomic mass is 9.52. The van der Waals surface area contributed by atoms with Crippen LogP contribution in [0.5, 0.6) is 0 Å². The van der Waals surface area contributed by atoms with Crippen LogP contribution < -0.4 is 0 Å². The SMILES string of the molecule is C=C(CC)C(=O)OC(=O)OC12CC3CC(CC(O)(C3)C1)C2. The average Bonchev–Trinajstić information content (AvgIpc) is 2.33. The largest absolute Gasteiger partial charge is 0.516 e. The van der Waals surface area contributed by atoms with Crippen molar-refractivity contribution in [2.75, 3.05) is 0 Å². The van der Waals surface area contributed by atoms with Crippen LogP contribution in [0.3, 0.4) is 0 Å². The molecule has 0 aromatic heterocycles. The second-order valence-electron chi connectivity index (χ2n) is 7.07. The van der Waals surface area contributed by atoms with E-state index in [9.17, 15) is 14.7 Å². The topological polar surface area (TPSA) is 72.8 Å². The van der Waals surface area contributed by atoms with Gasteiger partial charge in [-0.1, -0.05) is 13.5 Å². The van der Waals surface area contributed by atoms with Gasteiger partial charge < -0.3 is 14.6 Å². The van der Waals surface area contributed by atoms with Crippen LogP contribution in [0.15, 0.2) is 12.2 Å². The zero-order chi connectivity index (χ0) is 15.3. The van der Waals surface area contributed by atoms with Crippen LogP contribution in [0.2, 0.25) is 0 Å². The molecule has 4 aliphatic rings. The van der Waals surface area contributed by atoms with Crippen molar-refractivity contribution < 1.29 is 24.2 Å². The van der Waals surface area contributed by atoms with Crippen molar-refractivity contribution in [3.8, 4) is 0 Å². The highest BCUT2D eigenvalue weighted by Gasteiger charge is 2.59. The predicted molar refractivity (Wildman–Crippen MR) is 74.4 cm³/mol. The van der Waals surface area contributed by atoms with Gasteiger partial charge >= 0.3 is 12.1 Å². The lowest BCUT2D eigenvalue weighted by Crippen LogP contribution is -2.60. The first-order valence-corrected chi connectivity index (χ1v) is 7.68. The van der Waals surface area contributed by atoms with Gasteiger partial charge in [-0.15, -0.1) is 0 Å². The third kappa shape index (κ3) is 2.71. The fourth-order valence-corrected chi connectivity index (χ4v) is 4.74. The van der Waals surface area contributed by atoms with Crippen LogP contribution in [0.4, 0.5) is 4.79 Å². The molecule has 0 saturated heterocycles. The highest BCUT2D eigenvalue weighted by atomic mass is 16.7. The maximum Gasteiger partial charge on any atom is 0.516 e. The van der Waals surface area contributed by atoms with Crippen LogP contribution in [-0.4, -0.2) is 28.4 Å². The Balaban J connectivity index is 1.66. The van der Waals surface area contributed by atoms with Crippen LogP contribution in [0.1, 0.15) is 51.9 Å². The number of carbonyl (C=O) groups is 2. The first-order valence-electron chi connectivity index (χ1n) is 7.68. The number of hydrogen-bond acceptors (Lipinski definition) is 5. The first-order chi connectivity index (χ1) is 9.83. The summed E-state index contributed by atoms with van der Waals surface area (Å²) in [6.45, 7) is 5.31. The van der Waals surface area contributed by atoms with Crippen LogP contribution >= 0.6 is 0 Å². The Hall–Kier alpha value is -1.36. The molecule has 21 heavy (non-hydrogen) atoms. The molecule has 0 aromatic rings. The van der Waals surface area contributed by atoms with Gasteiger partial charge in [0.15, 0.2) is 0 Å². The van der Waals surface area contributed by atoms with E-state index in [4.69, 9.17) is 9.47 Å². The molecule has 0 amide bonds. The minimum Gasteiger partial charge on any atom is -0.427 e.